The van der Waals surface area contributed by atoms with Crippen LogP contribution in [0.2, 0.25) is 5.02 Å². The first-order valence-electron chi connectivity index (χ1n) is 6.27. The number of rotatable bonds is 4. The summed E-state index contributed by atoms with van der Waals surface area (Å²) >= 11 is 6.19. The predicted molar refractivity (Wildman–Crippen MR) is 79.6 cm³/mol. The highest BCUT2D eigenvalue weighted by molar-refractivity contribution is 6.31. The molecule has 0 radical (unpaired) electrons. The van der Waals surface area contributed by atoms with Gasteiger partial charge in [0, 0.05) is 22.7 Å². The Hall–Kier alpha value is -1.51. The van der Waals surface area contributed by atoms with E-state index in [1.54, 1.807) is 0 Å². The Labute approximate surface area is 119 Å². The third kappa shape index (κ3) is 3.49. The van der Waals surface area contributed by atoms with Crippen LogP contribution in [-0.4, -0.2) is 0 Å². The van der Waals surface area contributed by atoms with Crippen LogP contribution in [0.15, 0.2) is 36.4 Å². The van der Waals surface area contributed by atoms with Gasteiger partial charge < -0.3 is 10.5 Å². The average molecular weight is 276 g/mol. The highest BCUT2D eigenvalue weighted by Crippen LogP contribution is 2.23. The zero-order valence-corrected chi connectivity index (χ0v) is 12.0. The van der Waals surface area contributed by atoms with Crippen LogP contribution < -0.4 is 10.5 Å². The number of benzene rings is 2. The molecule has 2 aromatic rings. The summed E-state index contributed by atoms with van der Waals surface area (Å²) < 4.78 is 5.83. The minimum atomic E-state index is 0.454. The fraction of sp³-hybridized carbons (Fsp3) is 0.250. The van der Waals surface area contributed by atoms with Crippen LogP contribution in [0.4, 0.5) is 0 Å². The van der Waals surface area contributed by atoms with E-state index in [2.05, 4.69) is 0 Å². The normalized spacial score (nSPS) is 10.5. The van der Waals surface area contributed by atoms with E-state index in [1.807, 2.05) is 50.2 Å². The lowest BCUT2D eigenvalue weighted by atomic mass is 10.1. The summed E-state index contributed by atoms with van der Waals surface area (Å²) in [6.07, 6.45) is 0. The van der Waals surface area contributed by atoms with Crippen molar-refractivity contribution in [3.8, 4) is 5.75 Å². The molecule has 0 atom stereocenters. The summed E-state index contributed by atoms with van der Waals surface area (Å²) in [7, 11) is 0. The van der Waals surface area contributed by atoms with Gasteiger partial charge in [0.2, 0.25) is 0 Å². The SMILES string of the molecule is Cc1ccc(COc2ccc(C)cc2CN)c(Cl)c1. The van der Waals surface area contributed by atoms with Gasteiger partial charge in [-0.3, -0.25) is 0 Å². The minimum Gasteiger partial charge on any atom is -0.489 e. The zero-order chi connectivity index (χ0) is 13.8. The number of hydrogen-bond acceptors (Lipinski definition) is 2. The quantitative estimate of drug-likeness (QED) is 0.915. The number of hydrogen-bond donors (Lipinski definition) is 1. The molecule has 2 N–H and O–H groups in total. The van der Waals surface area contributed by atoms with E-state index in [9.17, 15) is 0 Å². The smallest absolute Gasteiger partial charge is 0.124 e. The molecule has 19 heavy (non-hydrogen) atoms. The van der Waals surface area contributed by atoms with Gasteiger partial charge in [0.15, 0.2) is 0 Å². The highest BCUT2D eigenvalue weighted by Gasteiger charge is 2.05. The van der Waals surface area contributed by atoms with E-state index in [4.69, 9.17) is 22.1 Å². The second kappa shape index (κ2) is 6.09. The lowest BCUT2D eigenvalue weighted by Gasteiger charge is -2.12. The van der Waals surface area contributed by atoms with Crippen molar-refractivity contribution in [3.05, 3.63) is 63.7 Å². The summed E-state index contributed by atoms with van der Waals surface area (Å²) in [5.41, 5.74) is 10.1. The third-order valence-corrected chi connectivity index (χ3v) is 3.38. The van der Waals surface area contributed by atoms with E-state index in [-0.39, 0.29) is 0 Å². The molecule has 0 amide bonds. The van der Waals surface area contributed by atoms with Gasteiger partial charge in [-0.05, 0) is 31.5 Å². The molecule has 0 spiro atoms. The first kappa shape index (κ1) is 13.9. The van der Waals surface area contributed by atoms with Gasteiger partial charge in [0.25, 0.3) is 0 Å². The van der Waals surface area contributed by atoms with Crippen LogP contribution in [-0.2, 0) is 13.2 Å². The number of halogens is 1. The van der Waals surface area contributed by atoms with Crippen molar-refractivity contribution in [2.75, 3.05) is 0 Å². The number of nitrogens with two attached hydrogens (primary N) is 1. The second-order valence-electron chi connectivity index (χ2n) is 4.70. The van der Waals surface area contributed by atoms with Crippen molar-refractivity contribution in [1.82, 2.24) is 0 Å². The number of aryl methyl sites for hydroxylation is 2. The van der Waals surface area contributed by atoms with Crippen molar-refractivity contribution in [3.63, 3.8) is 0 Å². The summed E-state index contributed by atoms with van der Waals surface area (Å²) in [6, 6.07) is 12.0. The Balaban J connectivity index is 2.14. The number of ether oxygens (including phenoxy) is 1. The Bertz CT molecular complexity index is 581. The molecule has 100 valence electrons. The maximum absolute atomic E-state index is 6.19. The summed E-state index contributed by atoms with van der Waals surface area (Å²) in [6.45, 7) is 4.98. The molecular formula is C16H18ClNO. The lowest BCUT2D eigenvalue weighted by molar-refractivity contribution is 0.303. The summed E-state index contributed by atoms with van der Waals surface area (Å²) in [5, 5.41) is 0.737. The van der Waals surface area contributed by atoms with Gasteiger partial charge in [-0.15, -0.1) is 0 Å². The van der Waals surface area contributed by atoms with Crippen molar-refractivity contribution in [2.45, 2.75) is 27.0 Å². The molecule has 2 aromatic carbocycles. The maximum atomic E-state index is 6.19. The highest BCUT2D eigenvalue weighted by atomic mass is 35.5. The van der Waals surface area contributed by atoms with E-state index in [1.165, 1.54) is 5.56 Å². The molecule has 0 saturated heterocycles. The van der Waals surface area contributed by atoms with Gasteiger partial charge in [0.05, 0.1) is 0 Å². The van der Waals surface area contributed by atoms with Crippen LogP contribution in [0.1, 0.15) is 22.3 Å². The molecule has 0 aromatic heterocycles. The molecule has 0 aliphatic heterocycles. The first-order valence-corrected chi connectivity index (χ1v) is 6.65. The van der Waals surface area contributed by atoms with Crippen LogP contribution in [0.3, 0.4) is 0 Å². The van der Waals surface area contributed by atoms with Crippen LogP contribution >= 0.6 is 11.6 Å². The van der Waals surface area contributed by atoms with E-state index < -0.39 is 0 Å². The minimum absolute atomic E-state index is 0.454. The standard InChI is InChI=1S/C16H18ClNO/c1-11-4-6-16(14(7-11)9-18)19-10-13-5-3-12(2)8-15(13)17/h3-8H,9-10,18H2,1-2H3. The monoisotopic (exact) mass is 275 g/mol. The van der Waals surface area contributed by atoms with Gasteiger partial charge >= 0.3 is 0 Å². The largest absolute Gasteiger partial charge is 0.489 e. The van der Waals surface area contributed by atoms with E-state index >= 15 is 0 Å². The third-order valence-electron chi connectivity index (χ3n) is 3.03. The lowest BCUT2D eigenvalue weighted by Crippen LogP contribution is -2.03. The van der Waals surface area contributed by atoms with Crippen molar-refractivity contribution >= 4 is 11.6 Å². The van der Waals surface area contributed by atoms with Gasteiger partial charge in [0.1, 0.15) is 12.4 Å². The molecule has 0 heterocycles. The van der Waals surface area contributed by atoms with E-state index in [0.29, 0.717) is 13.2 Å². The molecule has 0 aliphatic rings. The fourth-order valence-electron chi connectivity index (χ4n) is 1.93. The average Bonchev–Trinajstić information content (AvgIpc) is 2.39. The molecule has 2 nitrogen and oxygen atoms in total. The Morgan fingerprint density at radius 3 is 2.37 bits per heavy atom. The van der Waals surface area contributed by atoms with Gasteiger partial charge in [-0.25, -0.2) is 0 Å². The summed E-state index contributed by atoms with van der Waals surface area (Å²) in [5.74, 6) is 0.824. The zero-order valence-electron chi connectivity index (χ0n) is 11.2. The molecule has 0 aliphatic carbocycles. The van der Waals surface area contributed by atoms with Crippen molar-refractivity contribution in [2.24, 2.45) is 5.73 Å². The maximum Gasteiger partial charge on any atom is 0.124 e. The molecular weight excluding hydrogens is 258 g/mol. The molecule has 0 bridgehead atoms. The fourth-order valence-corrected chi connectivity index (χ4v) is 2.22. The Kier molecular flexibility index (Phi) is 4.46. The van der Waals surface area contributed by atoms with Crippen LogP contribution in [0.25, 0.3) is 0 Å². The van der Waals surface area contributed by atoms with Gasteiger partial charge in [-0.1, -0.05) is 41.4 Å². The molecule has 3 heteroatoms. The Morgan fingerprint density at radius 2 is 1.68 bits per heavy atom. The van der Waals surface area contributed by atoms with Crippen LogP contribution in [0.5, 0.6) is 5.75 Å². The molecule has 0 fully saturated rings. The molecule has 0 saturated carbocycles. The predicted octanol–water partition coefficient (Wildman–Crippen LogP) is 3.99. The van der Waals surface area contributed by atoms with Gasteiger partial charge in [-0.2, -0.15) is 0 Å². The first-order chi connectivity index (χ1) is 9.10. The molecule has 2 rings (SSSR count). The van der Waals surface area contributed by atoms with Crippen molar-refractivity contribution < 1.29 is 4.74 Å². The Morgan fingerprint density at radius 1 is 1.00 bits per heavy atom. The molecule has 0 unspecified atom stereocenters. The summed E-state index contributed by atoms with van der Waals surface area (Å²) in [4.78, 5) is 0. The van der Waals surface area contributed by atoms with Crippen LogP contribution in [0, 0.1) is 13.8 Å². The van der Waals surface area contributed by atoms with E-state index in [0.717, 1.165) is 27.5 Å². The van der Waals surface area contributed by atoms with Crippen molar-refractivity contribution in [1.29, 1.82) is 0 Å². The second-order valence-corrected chi connectivity index (χ2v) is 5.11. The topological polar surface area (TPSA) is 35.2 Å².